The summed E-state index contributed by atoms with van der Waals surface area (Å²) in [4.78, 5) is 11.9. The summed E-state index contributed by atoms with van der Waals surface area (Å²) in [5.41, 5.74) is 2.71. The van der Waals surface area contributed by atoms with E-state index in [1.165, 1.54) is 24.3 Å². The molecule has 0 aliphatic heterocycles. The van der Waals surface area contributed by atoms with Crippen molar-refractivity contribution in [1.29, 1.82) is 0 Å². The fourth-order valence-corrected chi connectivity index (χ4v) is 2.74. The standard InChI is InChI=1S/C18H22N2O4S/c1-13-5-6-14(2)17(12-13)24-11-3-4-18(21)20-15-7-9-16(10-8-15)25(19,22)23/h5-10,12H,3-4,11H2,1-2H3,(H,20,21)(H2,19,22,23). The van der Waals surface area contributed by atoms with Crippen LogP contribution in [0, 0.1) is 13.8 Å². The average molecular weight is 362 g/mol. The van der Waals surface area contributed by atoms with Gasteiger partial charge in [0.05, 0.1) is 11.5 Å². The number of anilines is 1. The minimum atomic E-state index is -3.73. The first-order valence-electron chi connectivity index (χ1n) is 7.88. The third-order valence-electron chi connectivity index (χ3n) is 3.62. The zero-order valence-corrected chi connectivity index (χ0v) is 15.1. The minimum Gasteiger partial charge on any atom is -0.493 e. The lowest BCUT2D eigenvalue weighted by atomic mass is 10.1. The molecule has 0 saturated carbocycles. The van der Waals surface area contributed by atoms with Crippen molar-refractivity contribution in [3.8, 4) is 5.75 Å². The second-order valence-corrected chi connectivity index (χ2v) is 7.40. The molecule has 134 valence electrons. The lowest BCUT2D eigenvalue weighted by Gasteiger charge is -2.10. The number of hydrogen-bond acceptors (Lipinski definition) is 4. The predicted molar refractivity (Wildman–Crippen MR) is 97.1 cm³/mol. The van der Waals surface area contributed by atoms with E-state index in [4.69, 9.17) is 9.88 Å². The van der Waals surface area contributed by atoms with Crippen molar-refractivity contribution in [2.24, 2.45) is 5.14 Å². The molecule has 0 heterocycles. The van der Waals surface area contributed by atoms with E-state index in [9.17, 15) is 13.2 Å². The van der Waals surface area contributed by atoms with Gasteiger partial charge in [0.1, 0.15) is 5.75 Å². The van der Waals surface area contributed by atoms with Crippen molar-refractivity contribution in [2.75, 3.05) is 11.9 Å². The van der Waals surface area contributed by atoms with E-state index in [1.807, 2.05) is 32.0 Å². The van der Waals surface area contributed by atoms with Crippen LogP contribution >= 0.6 is 0 Å². The van der Waals surface area contributed by atoms with E-state index in [0.717, 1.165) is 16.9 Å². The number of benzene rings is 2. The molecule has 0 aliphatic carbocycles. The Morgan fingerprint density at radius 3 is 2.44 bits per heavy atom. The third kappa shape index (κ3) is 5.88. The van der Waals surface area contributed by atoms with E-state index in [2.05, 4.69) is 5.32 Å². The number of aryl methyl sites for hydroxylation is 2. The van der Waals surface area contributed by atoms with Crippen LogP contribution < -0.4 is 15.2 Å². The van der Waals surface area contributed by atoms with Gasteiger partial charge >= 0.3 is 0 Å². The number of nitrogens with two attached hydrogens (primary N) is 1. The summed E-state index contributed by atoms with van der Waals surface area (Å²) >= 11 is 0. The summed E-state index contributed by atoms with van der Waals surface area (Å²) in [6.07, 6.45) is 0.885. The average Bonchev–Trinajstić information content (AvgIpc) is 2.54. The topological polar surface area (TPSA) is 98.5 Å². The van der Waals surface area contributed by atoms with Gasteiger partial charge in [-0.3, -0.25) is 4.79 Å². The highest BCUT2D eigenvalue weighted by molar-refractivity contribution is 7.89. The lowest BCUT2D eigenvalue weighted by molar-refractivity contribution is -0.116. The van der Waals surface area contributed by atoms with E-state index in [0.29, 0.717) is 25.1 Å². The Kier molecular flexibility index (Phi) is 6.17. The number of carbonyl (C=O) groups excluding carboxylic acids is 1. The Balaban J connectivity index is 1.78. The molecule has 0 saturated heterocycles. The molecular weight excluding hydrogens is 340 g/mol. The van der Waals surface area contributed by atoms with Gasteiger partial charge in [-0.1, -0.05) is 12.1 Å². The molecule has 1 amide bonds. The minimum absolute atomic E-state index is 0.00687. The van der Waals surface area contributed by atoms with Crippen molar-refractivity contribution in [3.63, 3.8) is 0 Å². The molecule has 0 aromatic heterocycles. The molecule has 0 spiro atoms. The summed E-state index contributed by atoms with van der Waals surface area (Å²) in [6, 6.07) is 11.7. The van der Waals surface area contributed by atoms with Gasteiger partial charge in [-0.2, -0.15) is 0 Å². The molecule has 6 nitrogen and oxygen atoms in total. The number of carbonyl (C=O) groups is 1. The summed E-state index contributed by atoms with van der Waals surface area (Å²) in [5.74, 6) is 0.673. The number of nitrogens with one attached hydrogen (secondary N) is 1. The molecule has 0 fully saturated rings. The van der Waals surface area contributed by atoms with Gasteiger partial charge in [0, 0.05) is 12.1 Å². The van der Waals surface area contributed by atoms with Gasteiger partial charge < -0.3 is 10.1 Å². The number of primary sulfonamides is 1. The van der Waals surface area contributed by atoms with E-state index in [-0.39, 0.29) is 10.8 Å². The summed E-state index contributed by atoms with van der Waals surface area (Å²) < 4.78 is 28.1. The van der Waals surface area contributed by atoms with Crippen LogP contribution in [0.15, 0.2) is 47.4 Å². The second kappa shape index (κ2) is 8.13. The lowest BCUT2D eigenvalue weighted by Crippen LogP contribution is -2.14. The summed E-state index contributed by atoms with van der Waals surface area (Å²) in [7, 11) is -3.73. The summed E-state index contributed by atoms with van der Waals surface area (Å²) in [5, 5.41) is 7.74. The Bertz CT molecular complexity index is 846. The molecular formula is C18H22N2O4S. The highest BCUT2D eigenvalue weighted by Crippen LogP contribution is 2.19. The van der Waals surface area contributed by atoms with Crippen molar-refractivity contribution in [2.45, 2.75) is 31.6 Å². The molecule has 2 aromatic rings. The maximum atomic E-state index is 11.9. The highest BCUT2D eigenvalue weighted by atomic mass is 32.2. The van der Waals surface area contributed by atoms with E-state index in [1.54, 1.807) is 0 Å². The number of hydrogen-bond donors (Lipinski definition) is 2. The first-order chi connectivity index (χ1) is 11.8. The molecule has 7 heteroatoms. The SMILES string of the molecule is Cc1ccc(C)c(OCCCC(=O)Nc2ccc(S(N)(=O)=O)cc2)c1. The molecule has 2 aromatic carbocycles. The van der Waals surface area contributed by atoms with E-state index >= 15 is 0 Å². The van der Waals surface area contributed by atoms with Gasteiger partial charge in [-0.25, -0.2) is 13.6 Å². The van der Waals surface area contributed by atoms with Crippen LogP contribution in [-0.4, -0.2) is 20.9 Å². The van der Waals surface area contributed by atoms with Gasteiger partial charge in [-0.05, 0) is 61.7 Å². The largest absolute Gasteiger partial charge is 0.493 e. The molecule has 3 N–H and O–H groups in total. The van der Waals surface area contributed by atoms with Crippen molar-refractivity contribution < 1.29 is 17.9 Å². The first kappa shape index (κ1) is 19.0. The van der Waals surface area contributed by atoms with Crippen LogP contribution in [0.5, 0.6) is 5.75 Å². The zero-order valence-electron chi connectivity index (χ0n) is 14.3. The Hall–Kier alpha value is -2.38. The molecule has 25 heavy (non-hydrogen) atoms. The highest BCUT2D eigenvalue weighted by Gasteiger charge is 2.08. The van der Waals surface area contributed by atoms with Crippen LogP contribution in [-0.2, 0) is 14.8 Å². The quantitative estimate of drug-likeness (QED) is 0.740. The third-order valence-corrected chi connectivity index (χ3v) is 4.55. The number of amides is 1. The monoisotopic (exact) mass is 362 g/mol. The Labute approximate surface area is 148 Å². The smallest absolute Gasteiger partial charge is 0.238 e. The maximum Gasteiger partial charge on any atom is 0.238 e. The van der Waals surface area contributed by atoms with Gasteiger partial charge in [0.2, 0.25) is 15.9 Å². The Morgan fingerprint density at radius 2 is 1.80 bits per heavy atom. The van der Waals surface area contributed by atoms with Gasteiger partial charge in [0.15, 0.2) is 0 Å². The fourth-order valence-electron chi connectivity index (χ4n) is 2.23. The molecule has 0 atom stereocenters. The zero-order chi connectivity index (χ0) is 18.4. The predicted octanol–water partition coefficient (Wildman–Crippen LogP) is 2.75. The van der Waals surface area contributed by atoms with Crippen molar-refractivity contribution >= 4 is 21.6 Å². The van der Waals surface area contributed by atoms with Crippen molar-refractivity contribution in [1.82, 2.24) is 0 Å². The maximum absolute atomic E-state index is 11.9. The number of rotatable bonds is 7. The van der Waals surface area contributed by atoms with Gasteiger partial charge in [0.25, 0.3) is 0 Å². The van der Waals surface area contributed by atoms with Gasteiger partial charge in [-0.15, -0.1) is 0 Å². The number of sulfonamides is 1. The van der Waals surface area contributed by atoms with Crippen LogP contribution in [0.1, 0.15) is 24.0 Å². The van der Waals surface area contributed by atoms with E-state index < -0.39 is 10.0 Å². The van der Waals surface area contributed by atoms with Crippen LogP contribution in [0.2, 0.25) is 0 Å². The normalized spacial score (nSPS) is 11.2. The fraction of sp³-hybridized carbons (Fsp3) is 0.278. The second-order valence-electron chi connectivity index (χ2n) is 5.84. The van der Waals surface area contributed by atoms with Crippen LogP contribution in [0.25, 0.3) is 0 Å². The molecule has 2 rings (SSSR count). The van der Waals surface area contributed by atoms with Crippen LogP contribution in [0.3, 0.4) is 0 Å². The Morgan fingerprint density at radius 1 is 1.12 bits per heavy atom. The van der Waals surface area contributed by atoms with Crippen molar-refractivity contribution in [3.05, 3.63) is 53.6 Å². The summed E-state index contributed by atoms with van der Waals surface area (Å²) in [6.45, 7) is 4.43. The van der Waals surface area contributed by atoms with Crippen LogP contribution in [0.4, 0.5) is 5.69 Å². The molecule has 0 bridgehead atoms. The molecule has 0 unspecified atom stereocenters. The molecule has 0 radical (unpaired) electrons. The number of ether oxygens (including phenoxy) is 1. The first-order valence-corrected chi connectivity index (χ1v) is 9.43. The molecule has 0 aliphatic rings.